The fraction of sp³-hybridized carbons (Fsp3) is 0.632. The molecule has 1 aromatic carbocycles. The van der Waals surface area contributed by atoms with Gasteiger partial charge in [0.1, 0.15) is 6.10 Å². The molecule has 7 heteroatoms. The molecule has 0 heterocycles. The van der Waals surface area contributed by atoms with E-state index in [0.717, 1.165) is 43.6 Å². The third-order valence-corrected chi connectivity index (χ3v) is 3.31. The Hall–Kier alpha value is -1.22. The number of hydrogen-bond donors (Lipinski definition) is 2. The molecule has 0 amide bonds. The van der Waals surface area contributed by atoms with Gasteiger partial charge in [-0.25, -0.2) is 4.99 Å². The first-order valence-corrected chi connectivity index (χ1v) is 9.00. The van der Waals surface area contributed by atoms with Crippen LogP contribution in [0.2, 0.25) is 0 Å². The third kappa shape index (κ3) is 10.7. The molecule has 1 unspecified atom stereocenters. The molecule has 0 fully saturated rings. The lowest BCUT2D eigenvalue weighted by molar-refractivity contribution is 0.0776. The van der Waals surface area contributed by atoms with E-state index in [2.05, 4.69) is 15.6 Å². The zero-order valence-corrected chi connectivity index (χ0v) is 18.9. The number of benzene rings is 1. The maximum absolute atomic E-state index is 5.93. The Labute approximate surface area is 175 Å². The number of aliphatic imine (C=N–C) groups is 1. The van der Waals surface area contributed by atoms with Crippen LogP contribution in [0.3, 0.4) is 0 Å². The van der Waals surface area contributed by atoms with Gasteiger partial charge in [-0.1, -0.05) is 12.1 Å². The highest BCUT2D eigenvalue weighted by molar-refractivity contribution is 14.0. The van der Waals surface area contributed by atoms with Crippen molar-refractivity contribution in [3.05, 3.63) is 24.3 Å². The fourth-order valence-corrected chi connectivity index (χ4v) is 2.13. The van der Waals surface area contributed by atoms with Crippen molar-refractivity contribution in [3.63, 3.8) is 0 Å². The Kier molecular flexibility index (Phi) is 14.2. The van der Waals surface area contributed by atoms with E-state index in [1.807, 2.05) is 52.0 Å². The van der Waals surface area contributed by atoms with Crippen molar-refractivity contribution in [2.24, 2.45) is 4.99 Å². The molecule has 0 bridgehead atoms. The fourth-order valence-electron chi connectivity index (χ4n) is 2.13. The van der Waals surface area contributed by atoms with Crippen LogP contribution in [0.15, 0.2) is 29.3 Å². The maximum atomic E-state index is 5.93. The Morgan fingerprint density at radius 3 is 2.42 bits per heavy atom. The molecule has 2 N–H and O–H groups in total. The van der Waals surface area contributed by atoms with Crippen molar-refractivity contribution in [2.45, 2.75) is 46.3 Å². The van der Waals surface area contributed by atoms with Gasteiger partial charge < -0.3 is 24.8 Å². The van der Waals surface area contributed by atoms with Gasteiger partial charge in [-0.05, 0) is 46.2 Å². The van der Waals surface area contributed by atoms with Crippen LogP contribution >= 0.6 is 24.0 Å². The van der Waals surface area contributed by atoms with Gasteiger partial charge in [0.25, 0.3) is 0 Å². The monoisotopic (exact) mass is 479 g/mol. The van der Waals surface area contributed by atoms with Crippen LogP contribution in [0.4, 0.5) is 0 Å². The van der Waals surface area contributed by atoms with Gasteiger partial charge in [-0.15, -0.1) is 24.0 Å². The molecule has 1 aromatic rings. The molecule has 6 nitrogen and oxygen atoms in total. The summed E-state index contributed by atoms with van der Waals surface area (Å²) in [5.74, 6) is 2.26. The minimum Gasteiger partial charge on any atom is -0.493 e. The van der Waals surface area contributed by atoms with E-state index in [1.54, 1.807) is 7.11 Å². The highest BCUT2D eigenvalue weighted by Gasteiger charge is 2.08. The lowest BCUT2D eigenvalue weighted by Crippen LogP contribution is -2.38. The van der Waals surface area contributed by atoms with Crippen molar-refractivity contribution >= 4 is 29.9 Å². The average molecular weight is 479 g/mol. The molecule has 0 aliphatic carbocycles. The van der Waals surface area contributed by atoms with Crippen molar-refractivity contribution in [3.8, 4) is 11.5 Å². The van der Waals surface area contributed by atoms with Crippen LogP contribution in [-0.4, -0.2) is 51.5 Å². The second-order valence-corrected chi connectivity index (χ2v) is 6.00. The summed E-state index contributed by atoms with van der Waals surface area (Å²) in [4.78, 5) is 4.59. The second-order valence-electron chi connectivity index (χ2n) is 6.00. The molecule has 26 heavy (non-hydrogen) atoms. The first kappa shape index (κ1) is 24.8. The summed E-state index contributed by atoms with van der Waals surface area (Å²) in [6, 6.07) is 7.64. The Balaban J connectivity index is 0.00000625. The van der Waals surface area contributed by atoms with E-state index >= 15 is 0 Å². The highest BCUT2D eigenvalue weighted by Crippen LogP contribution is 2.26. The SMILES string of the molecule is CCNC(=NCC(C)Oc1ccccc1OC)NCCCOC(C)C.I. The summed E-state index contributed by atoms with van der Waals surface area (Å²) < 4.78 is 16.8. The number of methoxy groups -OCH3 is 1. The summed E-state index contributed by atoms with van der Waals surface area (Å²) >= 11 is 0. The molecule has 0 saturated heterocycles. The molecule has 0 aliphatic rings. The lowest BCUT2D eigenvalue weighted by atomic mass is 10.3. The number of ether oxygens (including phenoxy) is 3. The second kappa shape index (κ2) is 14.9. The molecule has 1 rings (SSSR count). The van der Waals surface area contributed by atoms with Crippen LogP contribution in [0, 0.1) is 0 Å². The molecule has 0 radical (unpaired) electrons. The Morgan fingerprint density at radius 2 is 1.81 bits per heavy atom. The number of rotatable bonds is 11. The molecule has 0 saturated carbocycles. The Morgan fingerprint density at radius 1 is 1.12 bits per heavy atom. The maximum Gasteiger partial charge on any atom is 0.191 e. The summed E-state index contributed by atoms with van der Waals surface area (Å²) in [6.07, 6.45) is 1.15. The molecule has 0 aliphatic heterocycles. The number of halogens is 1. The first-order chi connectivity index (χ1) is 12.1. The van der Waals surface area contributed by atoms with E-state index < -0.39 is 0 Å². The third-order valence-electron chi connectivity index (χ3n) is 3.31. The first-order valence-electron chi connectivity index (χ1n) is 9.00. The highest BCUT2D eigenvalue weighted by atomic mass is 127. The van der Waals surface area contributed by atoms with E-state index in [4.69, 9.17) is 14.2 Å². The van der Waals surface area contributed by atoms with Gasteiger partial charge in [-0.3, -0.25) is 0 Å². The summed E-state index contributed by atoms with van der Waals surface area (Å²) in [7, 11) is 1.64. The van der Waals surface area contributed by atoms with Gasteiger partial charge in [0.2, 0.25) is 0 Å². The molecule has 0 spiro atoms. The van der Waals surface area contributed by atoms with Crippen LogP contribution in [-0.2, 0) is 4.74 Å². The minimum atomic E-state index is -0.0592. The smallest absolute Gasteiger partial charge is 0.191 e. The van der Waals surface area contributed by atoms with Gasteiger partial charge >= 0.3 is 0 Å². The lowest BCUT2D eigenvalue weighted by Gasteiger charge is -2.17. The van der Waals surface area contributed by atoms with Crippen LogP contribution in [0.5, 0.6) is 11.5 Å². The van der Waals surface area contributed by atoms with Crippen molar-refractivity contribution < 1.29 is 14.2 Å². The van der Waals surface area contributed by atoms with Gasteiger partial charge in [0, 0.05) is 19.7 Å². The van der Waals surface area contributed by atoms with Gasteiger partial charge in [-0.2, -0.15) is 0 Å². The summed E-state index contributed by atoms with van der Waals surface area (Å²) in [5.41, 5.74) is 0. The number of guanidine groups is 1. The summed E-state index contributed by atoms with van der Waals surface area (Å²) in [6.45, 7) is 11.1. The normalized spacial score (nSPS) is 12.3. The van der Waals surface area contributed by atoms with Crippen LogP contribution in [0.25, 0.3) is 0 Å². The number of para-hydroxylation sites is 2. The topological polar surface area (TPSA) is 64.1 Å². The minimum absolute atomic E-state index is 0. The number of hydrogen-bond acceptors (Lipinski definition) is 4. The van der Waals surface area contributed by atoms with Crippen molar-refractivity contribution in [1.29, 1.82) is 0 Å². The number of nitrogens with one attached hydrogen (secondary N) is 2. The Bertz CT molecular complexity index is 513. The van der Waals surface area contributed by atoms with Crippen LogP contribution in [0.1, 0.15) is 34.1 Å². The molecule has 0 aromatic heterocycles. The largest absolute Gasteiger partial charge is 0.493 e. The standard InChI is InChI=1S/C19H33N3O3.HI/c1-6-20-19(21-12-9-13-24-15(2)3)22-14-16(4)25-18-11-8-7-10-17(18)23-5;/h7-8,10-11,15-16H,6,9,12-14H2,1-5H3,(H2,20,21,22);1H. The van der Waals surface area contributed by atoms with Crippen LogP contribution < -0.4 is 20.1 Å². The molecule has 1 atom stereocenters. The molecule has 150 valence electrons. The van der Waals surface area contributed by atoms with E-state index in [1.165, 1.54) is 0 Å². The van der Waals surface area contributed by atoms with E-state index in [-0.39, 0.29) is 36.2 Å². The van der Waals surface area contributed by atoms with Gasteiger partial charge in [0.15, 0.2) is 17.5 Å². The quantitative estimate of drug-likeness (QED) is 0.220. The zero-order valence-electron chi connectivity index (χ0n) is 16.6. The van der Waals surface area contributed by atoms with Crippen molar-refractivity contribution in [2.75, 3.05) is 33.4 Å². The van der Waals surface area contributed by atoms with Crippen molar-refractivity contribution in [1.82, 2.24) is 10.6 Å². The number of nitrogens with zero attached hydrogens (tertiary/aromatic N) is 1. The zero-order chi connectivity index (χ0) is 18.5. The molecular weight excluding hydrogens is 445 g/mol. The predicted octanol–water partition coefficient (Wildman–Crippen LogP) is 3.45. The van der Waals surface area contributed by atoms with E-state index in [0.29, 0.717) is 6.54 Å². The summed E-state index contributed by atoms with van der Waals surface area (Å²) in [5, 5.41) is 6.56. The van der Waals surface area contributed by atoms with E-state index in [9.17, 15) is 0 Å². The molecular formula is C19H34IN3O3. The average Bonchev–Trinajstić information content (AvgIpc) is 2.59. The predicted molar refractivity (Wildman–Crippen MR) is 118 cm³/mol. The van der Waals surface area contributed by atoms with Gasteiger partial charge in [0.05, 0.1) is 19.8 Å².